The molecule has 2 aromatic rings. The van der Waals surface area contributed by atoms with E-state index in [1.54, 1.807) is 0 Å². The van der Waals surface area contributed by atoms with Gasteiger partial charge in [-0.15, -0.1) is 0 Å². The van der Waals surface area contributed by atoms with Gasteiger partial charge in [-0.05, 0) is 35.7 Å². The van der Waals surface area contributed by atoms with Gasteiger partial charge in [0.2, 0.25) is 0 Å². The zero-order valence-corrected chi connectivity index (χ0v) is 9.46. The zero-order valence-electron chi connectivity index (χ0n) is 9.46. The van der Waals surface area contributed by atoms with E-state index in [2.05, 4.69) is 50.2 Å². The molecule has 2 rings (SSSR count). The number of aryl methyl sites for hydroxylation is 2. The Morgan fingerprint density at radius 3 is 2.21 bits per heavy atom. The van der Waals surface area contributed by atoms with E-state index in [4.69, 9.17) is 0 Å². The summed E-state index contributed by atoms with van der Waals surface area (Å²) in [5, 5.41) is 2.71. The van der Waals surface area contributed by atoms with Gasteiger partial charge in [-0.3, -0.25) is 0 Å². The van der Waals surface area contributed by atoms with E-state index in [0.717, 1.165) is 0 Å². The summed E-state index contributed by atoms with van der Waals surface area (Å²) in [6.07, 6.45) is 0. The Morgan fingerprint density at radius 2 is 1.50 bits per heavy atom. The Bertz CT molecular complexity index is 419. The summed E-state index contributed by atoms with van der Waals surface area (Å²) in [7, 11) is 0. The molecule has 0 saturated carbocycles. The second-order valence-corrected chi connectivity index (χ2v) is 3.23. The second-order valence-electron chi connectivity index (χ2n) is 3.23. The summed E-state index contributed by atoms with van der Waals surface area (Å²) < 4.78 is 0. The molecule has 0 heterocycles. The van der Waals surface area contributed by atoms with Crippen LogP contribution in [0.15, 0.2) is 36.4 Å². The first kappa shape index (κ1) is 10.8. The van der Waals surface area contributed by atoms with Crippen molar-refractivity contribution in [2.75, 3.05) is 0 Å². The normalized spacial score (nSPS) is 9.43. The standard InChI is InChI=1S/C12H12.C2H6.H2/c1-9-7-8-11-5-3-4-6-12(11)10(9)2;1-2;/h3-8H,1-2H3;1-2H3;1H. The minimum atomic E-state index is 0. The van der Waals surface area contributed by atoms with Crippen LogP contribution in [0.1, 0.15) is 26.4 Å². The fourth-order valence-electron chi connectivity index (χ4n) is 1.54. The Hall–Kier alpha value is -1.30. The minimum Gasteiger partial charge on any atom is -0.0683 e. The maximum Gasteiger partial charge on any atom is 0 e. The third kappa shape index (κ3) is 1.95. The molecule has 0 aliphatic rings. The summed E-state index contributed by atoms with van der Waals surface area (Å²) in [5.74, 6) is 0. The minimum absolute atomic E-state index is 0. The van der Waals surface area contributed by atoms with Crippen LogP contribution >= 0.6 is 0 Å². The molecule has 0 saturated heterocycles. The second kappa shape index (κ2) is 4.80. The summed E-state index contributed by atoms with van der Waals surface area (Å²) in [6.45, 7) is 8.33. The number of fused-ring (bicyclic) bond motifs is 1. The van der Waals surface area contributed by atoms with Crippen molar-refractivity contribution in [1.82, 2.24) is 0 Å². The van der Waals surface area contributed by atoms with Crippen LogP contribution in [-0.4, -0.2) is 0 Å². The van der Waals surface area contributed by atoms with Crippen LogP contribution in [0, 0.1) is 13.8 Å². The van der Waals surface area contributed by atoms with Crippen molar-refractivity contribution in [3.8, 4) is 0 Å². The van der Waals surface area contributed by atoms with Gasteiger partial charge in [0.25, 0.3) is 0 Å². The van der Waals surface area contributed by atoms with E-state index in [-0.39, 0.29) is 1.43 Å². The molecule has 0 nitrogen and oxygen atoms in total. The van der Waals surface area contributed by atoms with Gasteiger partial charge in [-0.25, -0.2) is 0 Å². The molecule has 0 aliphatic carbocycles. The van der Waals surface area contributed by atoms with Crippen LogP contribution in [0.3, 0.4) is 0 Å². The molecule has 2 aromatic carbocycles. The Balaban J connectivity index is 0.000000617. The van der Waals surface area contributed by atoms with Crippen LogP contribution in [0.5, 0.6) is 0 Å². The van der Waals surface area contributed by atoms with Crippen LogP contribution in [0.25, 0.3) is 10.8 Å². The Kier molecular flexibility index (Phi) is 3.70. The molecule has 0 atom stereocenters. The van der Waals surface area contributed by atoms with Gasteiger partial charge < -0.3 is 0 Å². The molecule has 0 amide bonds. The fourth-order valence-corrected chi connectivity index (χ4v) is 1.54. The van der Waals surface area contributed by atoms with Crippen molar-refractivity contribution in [1.29, 1.82) is 0 Å². The zero-order chi connectivity index (χ0) is 10.6. The van der Waals surface area contributed by atoms with E-state index >= 15 is 0 Å². The van der Waals surface area contributed by atoms with Gasteiger partial charge in [-0.1, -0.05) is 50.2 Å². The molecule has 0 fully saturated rings. The van der Waals surface area contributed by atoms with E-state index in [0.29, 0.717) is 0 Å². The molecule has 0 spiro atoms. The number of rotatable bonds is 0. The van der Waals surface area contributed by atoms with E-state index < -0.39 is 0 Å². The average molecular weight is 188 g/mol. The van der Waals surface area contributed by atoms with Crippen molar-refractivity contribution >= 4 is 10.8 Å². The molecular formula is C14H20. The van der Waals surface area contributed by atoms with Gasteiger partial charge >= 0.3 is 0 Å². The van der Waals surface area contributed by atoms with E-state index in [1.807, 2.05) is 13.8 Å². The number of benzene rings is 2. The third-order valence-electron chi connectivity index (χ3n) is 2.47. The average Bonchev–Trinajstić information content (AvgIpc) is 2.27. The molecular weight excluding hydrogens is 168 g/mol. The van der Waals surface area contributed by atoms with Crippen molar-refractivity contribution in [3.05, 3.63) is 47.5 Å². The highest BCUT2D eigenvalue weighted by Gasteiger charge is 1.97. The molecule has 14 heavy (non-hydrogen) atoms. The molecule has 0 unspecified atom stereocenters. The molecule has 0 aromatic heterocycles. The van der Waals surface area contributed by atoms with Crippen LogP contribution in [-0.2, 0) is 0 Å². The predicted molar refractivity (Wildman–Crippen MR) is 66.9 cm³/mol. The quantitative estimate of drug-likeness (QED) is 0.560. The molecule has 76 valence electrons. The Labute approximate surface area is 88.1 Å². The largest absolute Gasteiger partial charge is 0.0683 e. The van der Waals surface area contributed by atoms with Crippen molar-refractivity contribution in [2.24, 2.45) is 0 Å². The summed E-state index contributed by atoms with van der Waals surface area (Å²) in [4.78, 5) is 0. The molecule has 0 aliphatic heterocycles. The van der Waals surface area contributed by atoms with Gasteiger partial charge in [0.05, 0.1) is 0 Å². The van der Waals surface area contributed by atoms with Gasteiger partial charge in [-0.2, -0.15) is 0 Å². The third-order valence-corrected chi connectivity index (χ3v) is 2.47. The number of hydrogen-bond acceptors (Lipinski definition) is 0. The summed E-state index contributed by atoms with van der Waals surface area (Å²) in [5.41, 5.74) is 2.77. The van der Waals surface area contributed by atoms with Crippen molar-refractivity contribution in [2.45, 2.75) is 27.7 Å². The van der Waals surface area contributed by atoms with Crippen LogP contribution in [0.4, 0.5) is 0 Å². The predicted octanol–water partition coefficient (Wildman–Crippen LogP) is 4.73. The fraction of sp³-hybridized carbons (Fsp3) is 0.286. The lowest BCUT2D eigenvalue weighted by Gasteiger charge is -2.04. The molecule has 0 radical (unpaired) electrons. The first-order chi connectivity index (χ1) is 6.79. The highest BCUT2D eigenvalue weighted by Crippen LogP contribution is 2.20. The molecule has 0 N–H and O–H groups in total. The lowest BCUT2D eigenvalue weighted by molar-refractivity contribution is 1.38. The number of hydrogen-bond donors (Lipinski definition) is 0. The maximum absolute atomic E-state index is 2.18. The molecule has 0 heteroatoms. The van der Waals surface area contributed by atoms with E-state index in [1.165, 1.54) is 21.9 Å². The summed E-state index contributed by atoms with van der Waals surface area (Å²) >= 11 is 0. The van der Waals surface area contributed by atoms with Gasteiger partial charge in [0.15, 0.2) is 0 Å². The molecule has 0 bridgehead atoms. The highest BCUT2D eigenvalue weighted by atomic mass is 14.0. The van der Waals surface area contributed by atoms with Crippen LogP contribution < -0.4 is 0 Å². The summed E-state index contributed by atoms with van der Waals surface area (Å²) in [6, 6.07) is 12.9. The van der Waals surface area contributed by atoms with Crippen molar-refractivity contribution < 1.29 is 1.43 Å². The first-order valence-electron chi connectivity index (χ1n) is 5.24. The van der Waals surface area contributed by atoms with Gasteiger partial charge in [0.1, 0.15) is 0 Å². The van der Waals surface area contributed by atoms with Gasteiger partial charge in [0, 0.05) is 1.43 Å². The lowest BCUT2D eigenvalue weighted by atomic mass is 10.0. The lowest BCUT2D eigenvalue weighted by Crippen LogP contribution is -1.82. The SMILES string of the molecule is CC.Cc1ccc2ccccc2c1C.[HH]. The van der Waals surface area contributed by atoms with Crippen molar-refractivity contribution in [3.63, 3.8) is 0 Å². The maximum atomic E-state index is 2.18. The first-order valence-corrected chi connectivity index (χ1v) is 5.24. The highest BCUT2D eigenvalue weighted by molar-refractivity contribution is 5.86. The smallest absolute Gasteiger partial charge is 0 e. The Morgan fingerprint density at radius 1 is 0.857 bits per heavy atom. The topological polar surface area (TPSA) is 0 Å². The van der Waals surface area contributed by atoms with Crippen LogP contribution in [0.2, 0.25) is 0 Å². The van der Waals surface area contributed by atoms with E-state index in [9.17, 15) is 0 Å². The monoisotopic (exact) mass is 188 g/mol.